The van der Waals surface area contributed by atoms with Gasteiger partial charge in [-0.15, -0.1) is 10.2 Å². The smallest absolute Gasteiger partial charge is 0.271 e. The summed E-state index contributed by atoms with van der Waals surface area (Å²) in [4.78, 5) is 11.3. The van der Waals surface area contributed by atoms with Crippen molar-refractivity contribution in [3.8, 4) is 0 Å². The van der Waals surface area contributed by atoms with E-state index in [0.29, 0.717) is 18.1 Å². The third kappa shape index (κ3) is 2.84. The molecule has 0 radical (unpaired) electrons. The van der Waals surface area contributed by atoms with E-state index in [1.165, 1.54) is 11.1 Å². The molecule has 0 unspecified atom stereocenters. The first kappa shape index (κ1) is 12.5. The van der Waals surface area contributed by atoms with Crippen LogP contribution in [0.25, 0.3) is 0 Å². The fraction of sp³-hybridized carbons (Fsp3) is 0.250. The number of hydrogen-bond donors (Lipinski definition) is 2. The monoisotopic (exact) mass is 262 g/mol. The van der Waals surface area contributed by atoms with Crippen molar-refractivity contribution in [3.05, 3.63) is 39.7 Å². The number of thiophene rings is 1. The van der Waals surface area contributed by atoms with Crippen molar-refractivity contribution in [2.45, 2.75) is 13.5 Å². The van der Waals surface area contributed by atoms with Crippen molar-refractivity contribution in [1.29, 1.82) is 0 Å². The fourth-order valence-electron chi connectivity index (χ4n) is 1.43. The highest BCUT2D eigenvalue weighted by Crippen LogP contribution is 2.15. The van der Waals surface area contributed by atoms with Crippen LogP contribution in [0.1, 0.15) is 21.6 Å². The topological polar surface area (TPSA) is 66.9 Å². The third-order valence-corrected chi connectivity index (χ3v) is 3.46. The molecule has 2 heterocycles. The summed E-state index contributed by atoms with van der Waals surface area (Å²) in [6, 6.07) is 3.40. The molecule has 94 valence electrons. The minimum atomic E-state index is -0.234. The van der Waals surface area contributed by atoms with E-state index in [4.69, 9.17) is 0 Å². The highest BCUT2D eigenvalue weighted by Gasteiger charge is 2.05. The Kier molecular flexibility index (Phi) is 3.88. The number of aryl methyl sites for hydroxylation is 1. The van der Waals surface area contributed by atoms with Crippen LogP contribution in [0.4, 0.5) is 5.82 Å². The molecule has 0 aliphatic carbocycles. The number of aromatic nitrogens is 2. The van der Waals surface area contributed by atoms with Gasteiger partial charge in [0.25, 0.3) is 5.91 Å². The fourth-order valence-corrected chi connectivity index (χ4v) is 2.29. The highest BCUT2D eigenvalue weighted by atomic mass is 32.1. The molecule has 0 saturated carbocycles. The van der Waals surface area contributed by atoms with Gasteiger partial charge < -0.3 is 10.6 Å². The lowest BCUT2D eigenvalue weighted by molar-refractivity contribution is 0.0957. The zero-order valence-electron chi connectivity index (χ0n) is 10.2. The van der Waals surface area contributed by atoms with Gasteiger partial charge in [0.05, 0.1) is 0 Å². The molecule has 0 atom stereocenters. The molecule has 1 amide bonds. The Morgan fingerprint density at radius 2 is 2.17 bits per heavy atom. The normalized spacial score (nSPS) is 10.1. The Labute approximate surface area is 109 Å². The van der Waals surface area contributed by atoms with Gasteiger partial charge in [-0.2, -0.15) is 11.3 Å². The Balaban J connectivity index is 1.98. The summed E-state index contributed by atoms with van der Waals surface area (Å²) in [6.45, 7) is 2.79. The molecule has 0 spiro atoms. The molecule has 0 saturated heterocycles. The molecule has 2 N–H and O–H groups in total. The maximum Gasteiger partial charge on any atom is 0.271 e. The zero-order valence-corrected chi connectivity index (χ0v) is 11.0. The first-order valence-electron chi connectivity index (χ1n) is 5.52. The van der Waals surface area contributed by atoms with Crippen LogP contribution in [0.3, 0.4) is 0 Å². The van der Waals surface area contributed by atoms with E-state index < -0.39 is 0 Å². The van der Waals surface area contributed by atoms with Gasteiger partial charge in [-0.25, -0.2) is 0 Å². The average molecular weight is 262 g/mol. The van der Waals surface area contributed by atoms with Crippen LogP contribution in [-0.4, -0.2) is 23.2 Å². The van der Waals surface area contributed by atoms with Crippen molar-refractivity contribution in [3.63, 3.8) is 0 Å². The molecule has 18 heavy (non-hydrogen) atoms. The van der Waals surface area contributed by atoms with E-state index in [2.05, 4.69) is 38.5 Å². The second-order valence-electron chi connectivity index (χ2n) is 3.82. The molecular weight excluding hydrogens is 248 g/mol. The predicted octanol–water partition coefficient (Wildman–Crippen LogP) is 1.82. The predicted molar refractivity (Wildman–Crippen MR) is 71.8 cm³/mol. The SMILES string of the molecule is CNC(=O)c1ccc(NCc2cscc2C)nn1. The van der Waals surface area contributed by atoms with Gasteiger partial charge >= 0.3 is 0 Å². The van der Waals surface area contributed by atoms with E-state index in [1.54, 1.807) is 30.5 Å². The second kappa shape index (κ2) is 5.59. The molecule has 2 rings (SSSR count). The van der Waals surface area contributed by atoms with Gasteiger partial charge in [0, 0.05) is 13.6 Å². The Morgan fingerprint density at radius 3 is 2.72 bits per heavy atom. The molecule has 2 aromatic rings. The van der Waals surface area contributed by atoms with Gasteiger partial charge in [-0.3, -0.25) is 4.79 Å². The van der Waals surface area contributed by atoms with E-state index >= 15 is 0 Å². The van der Waals surface area contributed by atoms with Crippen molar-refractivity contribution >= 4 is 23.1 Å². The molecule has 0 aliphatic rings. The zero-order chi connectivity index (χ0) is 13.0. The average Bonchev–Trinajstić information content (AvgIpc) is 2.81. The number of carbonyl (C=O) groups is 1. The molecule has 0 bridgehead atoms. The molecular formula is C12H14N4OS. The number of nitrogens with one attached hydrogen (secondary N) is 2. The summed E-state index contributed by atoms with van der Waals surface area (Å²) in [5.41, 5.74) is 2.83. The second-order valence-corrected chi connectivity index (χ2v) is 4.56. The van der Waals surface area contributed by atoms with E-state index in [9.17, 15) is 4.79 Å². The summed E-state index contributed by atoms with van der Waals surface area (Å²) in [5.74, 6) is 0.427. The van der Waals surface area contributed by atoms with Gasteiger partial charge in [0.2, 0.25) is 0 Å². The van der Waals surface area contributed by atoms with Crippen LogP contribution in [0.2, 0.25) is 0 Å². The van der Waals surface area contributed by atoms with Crippen molar-refractivity contribution in [2.24, 2.45) is 0 Å². The summed E-state index contributed by atoms with van der Waals surface area (Å²) >= 11 is 1.68. The lowest BCUT2D eigenvalue weighted by atomic mass is 10.2. The van der Waals surface area contributed by atoms with Crippen LogP contribution >= 0.6 is 11.3 Å². The van der Waals surface area contributed by atoms with E-state index in [0.717, 1.165) is 0 Å². The number of amides is 1. The maximum atomic E-state index is 11.3. The lowest BCUT2D eigenvalue weighted by Gasteiger charge is -2.05. The van der Waals surface area contributed by atoms with Crippen LogP contribution in [0.15, 0.2) is 22.9 Å². The van der Waals surface area contributed by atoms with Crippen LogP contribution < -0.4 is 10.6 Å². The van der Waals surface area contributed by atoms with Crippen LogP contribution in [0.5, 0.6) is 0 Å². The van der Waals surface area contributed by atoms with Crippen molar-refractivity contribution in [2.75, 3.05) is 12.4 Å². The highest BCUT2D eigenvalue weighted by molar-refractivity contribution is 7.08. The van der Waals surface area contributed by atoms with Gasteiger partial charge in [0.15, 0.2) is 5.69 Å². The first-order valence-corrected chi connectivity index (χ1v) is 6.46. The maximum absolute atomic E-state index is 11.3. The Hall–Kier alpha value is -1.95. The largest absolute Gasteiger partial charge is 0.364 e. The Bertz CT molecular complexity index is 535. The van der Waals surface area contributed by atoms with Gasteiger partial charge in [-0.1, -0.05) is 0 Å². The number of nitrogens with zero attached hydrogens (tertiary/aromatic N) is 2. The molecule has 6 heteroatoms. The van der Waals surface area contributed by atoms with Crippen molar-refractivity contribution < 1.29 is 4.79 Å². The minimum Gasteiger partial charge on any atom is -0.364 e. The van der Waals surface area contributed by atoms with E-state index in [-0.39, 0.29) is 5.91 Å². The van der Waals surface area contributed by atoms with E-state index in [1.807, 2.05) is 0 Å². The third-order valence-electron chi connectivity index (χ3n) is 2.55. The standard InChI is InChI=1S/C12H14N4OS/c1-8-6-18-7-9(8)5-14-11-4-3-10(15-16-11)12(17)13-2/h3-4,6-7H,5H2,1-2H3,(H,13,17)(H,14,16). The molecule has 0 aromatic carbocycles. The summed E-state index contributed by atoms with van der Waals surface area (Å²) in [5, 5.41) is 17.7. The lowest BCUT2D eigenvalue weighted by Crippen LogP contribution is -2.19. The minimum absolute atomic E-state index is 0.234. The first-order chi connectivity index (χ1) is 8.70. The number of rotatable bonds is 4. The molecule has 0 fully saturated rings. The van der Waals surface area contributed by atoms with Crippen molar-refractivity contribution in [1.82, 2.24) is 15.5 Å². The summed E-state index contributed by atoms with van der Waals surface area (Å²) in [6.07, 6.45) is 0. The quantitative estimate of drug-likeness (QED) is 0.882. The van der Waals surface area contributed by atoms with Crippen LogP contribution in [0, 0.1) is 6.92 Å². The molecule has 5 nitrogen and oxygen atoms in total. The number of hydrogen-bond acceptors (Lipinski definition) is 5. The molecule has 0 aliphatic heterocycles. The summed E-state index contributed by atoms with van der Waals surface area (Å²) < 4.78 is 0. The van der Waals surface area contributed by atoms with Gasteiger partial charge in [0.1, 0.15) is 5.82 Å². The molecule has 2 aromatic heterocycles. The number of carbonyl (C=O) groups excluding carboxylic acids is 1. The van der Waals surface area contributed by atoms with Gasteiger partial charge in [-0.05, 0) is 40.9 Å². The Morgan fingerprint density at radius 1 is 1.33 bits per heavy atom. The van der Waals surface area contributed by atoms with Crippen LogP contribution in [-0.2, 0) is 6.54 Å². The summed E-state index contributed by atoms with van der Waals surface area (Å²) in [7, 11) is 1.57. The number of anilines is 1.